The van der Waals surface area contributed by atoms with Crippen LogP contribution in [0.15, 0.2) is 0 Å². The maximum absolute atomic E-state index is 9.25. The number of nitrogens with zero attached hydrogens (tertiary/aromatic N) is 1. The molecule has 1 N–H and O–H groups in total. The van der Waals surface area contributed by atoms with Gasteiger partial charge in [-0.1, -0.05) is 20.8 Å². The van der Waals surface area contributed by atoms with Crippen LogP contribution in [-0.4, -0.2) is 26.3 Å². The van der Waals surface area contributed by atoms with E-state index in [4.69, 9.17) is 4.74 Å². The number of rotatable bonds is 5. The lowest BCUT2D eigenvalue weighted by molar-refractivity contribution is 0.137. The maximum Gasteiger partial charge on any atom is 0.0982 e. The van der Waals surface area contributed by atoms with Crippen LogP contribution < -0.4 is 5.32 Å². The van der Waals surface area contributed by atoms with Gasteiger partial charge in [-0.05, 0) is 42.9 Å². The van der Waals surface area contributed by atoms with Crippen LogP contribution in [0.2, 0.25) is 0 Å². The van der Waals surface area contributed by atoms with E-state index in [2.05, 4.69) is 32.2 Å². The average Bonchev–Trinajstić information content (AvgIpc) is 2.34. The fourth-order valence-corrected chi connectivity index (χ4v) is 2.95. The van der Waals surface area contributed by atoms with Gasteiger partial charge < -0.3 is 4.74 Å². The van der Waals surface area contributed by atoms with E-state index in [1.807, 2.05) is 0 Å². The van der Waals surface area contributed by atoms with Crippen LogP contribution in [0, 0.1) is 28.6 Å². The molecule has 0 amide bonds. The average molecular weight is 252 g/mol. The minimum Gasteiger partial charge on any atom is -0.383 e. The summed E-state index contributed by atoms with van der Waals surface area (Å²) >= 11 is 0. The van der Waals surface area contributed by atoms with Crippen LogP contribution in [0.3, 0.4) is 0 Å². The van der Waals surface area contributed by atoms with Crippen LogP contribution in [-0.2, 0) is 4.74 Å². The van der Waals surface area contributed by atoms with Crippen molar-refractivity contribution in [1.29, 1.82) is 5.26 Å². The van der Waals surface area contributed by atoms with Gasteiger partial charge in [0.05, 0.1) is 18.7 Å². The molecule has 104 valence electrons. The summed E-state index contributed by atoms with van der Waals surface area (Å²) in [7, 11) is 1.69. The molecule has 0 aromatic carbocycles. The molecule has 0 heterocycles. The summed E-state index contributed by atoms with van der Waals surface area (Å²) < 4.78 is 5.01. The highest BCUT2D eigenvalue weighted by atomic mass is 16.5. The van der Waals surface area contributed by atoms with Crippen molar-refractivity contribution in [3.63, 3.8) is 0 Å². The van der Waals surface area contributed by atoms with Crippen molar-refractivity contribution in [3.8, 4) is 6.07 Å². The normalized spacial score (nSPS) is 26.6. The second-order valence-electron chi connectivity index (χ2n) is 6.53. The molecule has 0 bridgehead atoms. The van der Waals surface area contributed by atoms with Crippen molar-refractivity contribution >= 4 is 0 Å². The zero-order valence-corrected chi connectivity index (χ0v) is 12.3. The Morgan fingerprint density at radius 1 is 1.28 bits per heavy atom. The highest BCUT2D eigenvalue weighted by Crippen LogP contribution is 2.40. The molecule has 0 aliphatic heterocycles. The van der Waals surface area contributed by atoms with Crippen LogP contribution in [0.1, 0.15) is 46.5 Å². The zero-order chi connectivity index (χ0) is 13.6. The third-order valence-electron chi connectivity index (χ3n) is 4.28. The van der Waals surface area contributed by atoms with Gasteiger partial charge in [-0.25, -0.2) is 0 Å². The molecule has 0 saturated heterocycles. The number of hydrogen-bond donors (Lipinski definition) is 1. The number of hydrogen-bond acceptors (Lipinski definition) is 3. The molecule has 3 nitrogen and oxygen atoms in total. The van der Waals surface area contributed by atoms with Gasteiger partial charge >= 0.3 is 0 Å². The fourth-order valence-electron chi connectivity index (χ4n) is 2.95. The second-order valence-corrected chi connectivity index (χ2v) is 6.53. The minimum absolute atomic E-state index is 0.000989. The number of ether oxygens (including phenoxy) is 1. The number of methoxy groups -OCH3 is 1. The van der Waals surface area contributed by atoms with Gasteiger partial charge in [-0.3, -0.25) is 5.32 Å². The van der Waals surface area contributed by atoms with E-state index in [0.717, 1.165) is 12.5 Å². The molecule has 0 spiro atoms. The SMILES string of the molecule is COCCNC(C#N)C1CCC(C(C)(C)C)CC1. The third kappa shape index (κ3) is 4.59. The molecule has 0 aromatic heterocycles. The Hall–Kier alpha value is -0.590. The Labute approximate surface area is 112 Å². The van der Waals surface area contributed by atoms with Crippen molar-refractivity contribution in [2.45, 2.75) is 52.5 Å². The summed E-state index contributed by atoms with van der Waals surface area (Å²) in [4.78, 5) is 0. The summed E-state index contributed by atoms with van der Waals surface area (Å²) in [5.41, 5.74) is 0.413. The molecule has 0 radical (unpaired) electrons. The molecule has 1 rings (SSSR count). The van der Waals surface area contributed by atoms with Gasteiger partial charge in [0.1, 0.15) is 0 Å². The molecule has 1 unspecified atom stereocenters. The van der Waals surface area contributed by atoms with Gasteiger partial charge in [0.15, 0.2) is 0 Å². The Morgan fingerprint density at radius 2 is 1.89 bits per heavy atom. The molecular weight excluding hydrogens is 224 g/mol. The van der Waals surface area contributed by atoms with Crippen LogP contribution in [0.4, 0.5) is 0 Å². The summed E-state index contributed by atoms with van der Waals surface area (Å²) in [5.74, 6) is 1.33. The van der Waals surface area contributed by atoms with Gasteiger partial charge in [0, 0.05) is 13.7 Å². The first-order valence-corrected chi connectivity index (χ1v) is 7.11. The topological polar surface area (TPSA) is 45.0 Å². The van der Waals surface area contributed by atoms with Gasteiger partial charge in [0.25, 0.3) is 0 Å². The van der Waals surface area contributed by atoms with E-state index in [-0.39, 0.29) is 6.04 Å². The van der Waals surface area contributed by atoms with Gasteiger partial charge in [-0.2, -0.15) is 5.26 Å². The van der Waals surface area contributed by atoms with Crippen molar-refractivity contribution in [2.75, 3.05) is 20.3 Å². The summed E-state index contributed by atoms with van der Waals surface area (Å²) in [6.07, 6.45) is 4.89. The van der Waals surface area contributed by atoms with Crippen molar-refractivity contribution in [2.24, 2.45) is 17.3 Å². The monoisotopic (exact) mass is 252 g/mol. The zero-order valence-electron chi connectivity index (χ0n) is 12.3. The highest BCUT2D eigenvalue weighted by molar-refractivity contribution is 4.97. The van der Waals surface area contributed by atoms with E-state index in [9.17, 15) is 5.26 Å². The largest absolute Gasteiger partial charge is 0.383 e. The van der Waals surface area contributed by atoms with E-state index in [1.54, 1.807) is 7.11 Å². The molecule has 1 atom stereocenters. The summed E-state index contributed by atoms with van der Waals surface area (Å²) in [6.45, 7) is 8.44. The lowest BCUT2D eigenvalue weighted by atomic mass is 9.68. The lowest BCUT2D eigenvalue weighted by Gasteiger charge is -2.38. The molecule has 1 saturated carbocycles. The second kappa shape index (κ2) is 7.11. The quantitative estimate of drug-likeness (QED) is 0.765. The molecular formula is C15H28N2O. The highest BCUT2D eigenvalue weighted by Gasteiger charge is 2.32. The van der Waals surface area contributed by atoms with Crippen LogP contribution >= 0.6 is 0 Å². The first-order chi connectivity index (χ1) is 8.49. The molecule has 1 aliphatic carbocycles. The lowest BCUT2D eigenvalue weighted by Crippen LogP contribution is -2.39. The summed E-state index contributed by atoms with van der Waals surface area (Å²) in [6, 6.07) is 2.42. The van der Waals surface area contributed by atoms with Crippen molar-refractivity contribution < 1.29 is 4.74 Å². The fraction of sp³-hybridized carbons (Fsp3) is 0.933. The van der Waals surface area contributed by atoms with Crippen LogP contribution in [0.25, 0.3) is 0 Å². The molecule has 18 heavy (non-hydrogen) atoms. The smallest absolute Gasteiger partial charge is 0.0982 e. The first kappa shape index (κ1) is 15.5. The molecule has 1 fully saturated rings. The van der Waals surface area contributed by atoms with E-state index in [0.29, 0.717) is 17.9 Å². The Bertz CT molecular complexity index is 269. The maximum atomic E-state index is 9.25. The van der Waals surface area contributed by atoms with Crippen molar-refractivity contribution in [1.82, 2.24) is 5.32 Å². The number of nitriles is 1. The number of nitrogens with one attached hydrogen (secondary N) is 1. The van der Waals surface area contributed by atoms with Gasteiger partial charge in [0.2, 0.25) is 0 Å². The molecule has 3 heteroatoms. The molecule has 1 aliphatic rings. The van der Waals surface area contributed by atoms with E-state index in [1.165, 1.54) is 25.7 Å². The molecule has 0 aromatic rings. The predicted octanol–water partition coefficient (Wildman–Crippen LogP) is 2.97. The minimum atomic E-state index is 0.000989. The van der Waals surface area contributed by atoms with Crippen molar-refractivity contribution in [3.05, 3.63) is 0 Å². The predicted molar refractivity (Wildman–Crippen MR) is 74.2 cm³/mol. The van der Waals surface area contributed by atoms with E-state index < -0.39 is 0 Å². The Morgan fingerprint density at radius 3 is 2.33 bits per heavy atom. The van der Waals surface area contributed by atoms with Gasteiger partial charge in [-0.15, -0.1) is 0 Å². The van der Waals surface area contributed by atoms with E-state index >= 15 is 0 Å². The Kier molecular flexibility index (Phi) is 6.11. The standard InChI is InChI=1S/C15H28N2O/c1-15(2,3)13-7-5-12(6-8-13)14(11-16)17-9-10-18-4/h12-14,17H,5-10H2,1-4H3. The first-order valence-electron chi connectivity index (χ1n) is 7.11. The Balaban J connectivity index is 2.38. The van der Waals surface area contributed by atoms with Crippen LogP contribution in [0.5, 0.6) is 0 Å². The summed E-state index contributed by atoms with van der Waals surface area (Å²) in [5, 5.41) is 12.6. The third-order valence-corrected chi connectivity index (χ3v) is 4.28.